The van der Waals surface area contributed by atoms with E-state index in [1.165, 1.54) is 0 Å². The molecule has 1 aliphatic rings. The first-order chi connectivity index (χ1) is 16.4. The number of carbonyl (C=O) groups excluding carboxylic acids is 2. The molecule has 1 N–H and O–H groups in total. The molecule has 4 aromatic rings. The second-order valence-electron chi connectivity index (χ2n) is 8.61. The lowest BCUT2D eigenvalue weighted by atomic mass is 9.81. The summed E-state index contributed by atoms with van der Waals surface area (Å²) in [5, 5.41) is 6.99. The summed E-state index contributed by atoms with van der Waals surface area (Å²) in [5.74, 6) is 0.204. The summed E-state index contributed by atoms with van der Waals surface area (Å²) in [6.07, 6.45) is 0. The Kier molecular flexibility index (Phi) is 5.24. The van der Waals surface area contributed by atoms with Gasteiger partial charge >= 0.3 is 6.03 Å². The van der Waals surface area contributed by atoms with Crippen LogP contribution in [-0.4, -0.2) is 27.0 Å². The van der Waals surface area contributed by atoms with Gasteiger partial charge in [-0.15, -0.1) is 0 Å². The fourth-order valence-electron chi connectivity index (χ4n) is 4.21. The van der Waals surface area contributed by atoms with Gasteiger partial charge in [-0.05, 0) is 43.0 Å². The average molecular weight is 453 g/mol. The molecule has 0 aliphatic carbocycles. The Labute approximate surface area is 197 Å². The van der Waals surface area contributed by atoms with E-state index in [2.05, 4.69) is 15.5 Å². The van der Waals surface area contributed by atoms with Crippen molar-refractivity contribution in [1.29, 1.82) is 0 Å². The van der Waals surface area contributed by atoms with Crippen LogP contribution in [0.4, 0.5) is 4.79 Å². The zero-order valence-corrected chi connectivity index (χ0v) is 19.2. The minimum Gasteiger partial charge on any atom is -0.337 e. The molecule has 1 saturated heterocycles. The number of nitrogens with zero attached hydrogens (tertiary/aromatic N) is 3. The third-order valence-corrected chi connectivity index (χ3v) is 6.32. The highest BCUT2D eigenvalue weighted by atomic mass is 16.5. The van der Waals surface area contributed by atoms with Gasteiger partial charge in [-0.1, -0.05) is 83.5 Å². The summed E-state index contributed by atoms with van der Waals surface area (Å²) < 4.78 is 5.39. The number of benzene rings is 3. The van der Waals surface area contributed by atoms with Crippen LogP contribution in [0.15, 0.2) is 77.3 Å². The molecule has 7 nitrogen and oxygen atoms in total. The van der Waals surface area contributed by atoms with Gasteiger partial charge in [0.2, 0.25) is 11.7 Å². The molecule has 0 spiro atoms. The number of hydrogen-bond acceptors (Lipinski definition) is 5. The van der Waals surface area contributed by atoms with Gasteiger partial charge in [0.05, 0.1) is 0 Å². The number of carbonyl (C=O) groups is 2. The van der Waals surface area contributed by atoms with Crippen molar-refractivity contribution in [2.45, 2.75) is 32.9 Å². The largest absolute Gasteiger partial charge is 0.337 e. The monoisotopic (exact) mass is 452 g/mol. The number of amides is 3. The molecule has 7 heteroatoms. The van der Waals surface area contributed by atoms with Crippen LogP contribution in [0.3, 0.4) is 0 Å². The Balaban J connectivity index is 1.51. The van der Waals surface area contributed by atoms with Crippen molar-refractivity contribution >= 4 is 11.9 Å². The molecule has 2 heterocycles. The van der Waals surface area contributed by atoms with Crippen molar-refractivity contribution in [1.82, 2.24) is 20.4 Å². The number of hydrogen-bond donors (Lipinski definition) is 1. The maximum absolute atomic E-state index is 13.9. The smallest absolute Gasteiger partial charge is 0.326 e. The molecule has 3 amide bonds. The third-order valence-electron chi connectivity index (χ3n) is 6.32. The summed E-state index contributed by atoms with van der Waals surface area (Å²) in [6.45, 7) is 5.87. The summed E-state index contributed by atoms with van der Waals surface area (Å²) in [4.78, 5) is 32.6. The SMILES string of the molecule is Cc1ccc(-c2noc(CN3C(=O)N[C@](c4ccccc4)(c4ccc(C)c(C)c4)C3=O)n2)cc1. The van der Waals surface area contributed by atoms with Crippen LogP contribution in [0.2, 0.25) is 0 Å². The molecular weight excluding hydrogens is 428 g/mol. The molecule has 0 unspecified atom stereocenters. The third kappa shape index (κ3) is 3.55. The summed E-state index contributed by atoms with van der Waals surface area (Å²) in [7, 11) is 0. The lowest BCUT2D eigenvalue weighted by Crippen LogP contribution is -2.45. The van der Waals surface area contributed by atoms with E-state index < -0.39 is 11.6 Å². The first-order valence-electron chi connectivity index (χ1n) is 11.1. The van der Waals surface area contributed by atoms with Gasteiger partial charge in [0.15, 0.2) is 5.54 Å². The van der Waals surface area contributed by atoms with E-state index in [0.717, 1.165) is 27.2 Å². The van der Waals surface area contributed by atoms with Gasteiger partial charge in [-0.25, -0.2) is 4.79 Å². The molecular formula is C27H24N4O3. The Bertz CT molecular complexity index is 1380. The molecule has 0 saturated carbocycles. The second-order valence-corrected chi connectivity index (χ2v) is 8.61. The van der Waals surface area contributed by atoms with Crippen LogP contribution in [0.5, 0.6) is 0 Å². The molecule has 170 valence electrons. The Morgan fingerprint density at radius 1 is 0.882 bits per heavy atom. The molecule has 34 heavy (non-hydrogen) atoms. The Morgan fingerprint density at radius 3 is 2.32 bits per heavy atom. The fraction of sp³-hybridized carbons (Fsp3) is 0.185. The van der Waals surface area contributed by atoms with E-state index in [1.54, 1.807) is 0 Å². The Morgan fingerprint density at radius 2 is 1.62 bits per heavy atom. The predicted octanol–water partition coefficient (Wildman–Crippen LogP) is 4.66. The van der Waals surface area contributed by atoms with E-state index in [9.17, 15) is 9.59 Å². The van der Waals surface area contributed by atoms with E-state index in [0.29, 0.717) is 17.0 Å². The molecule has 0 bridgehead atoms. The lowest BCUT2D eigenvalue weighted by molar-refractivity contribution is -0.130. The lowest BCUT2D eigenvalue weighted by Gasteiger charge is -2.28. The summed E-state index contributed by atoms with van der Waals surface area (Å²) >= 11 is 0. The van der Waals surface area contributed by atoms with Gasteiger partial charge in [0.25, 0.3) is 5.91 Å². The van der Waals surface area contributed by atoms with E-state index in [4.69, 9.17) is 4.52 Å². The first-order valence-corrected chi connectivity index (χ1v) is 11.1. The molecule has 1 fully saturated rings. The van der Waals surface area contributed by atoms with E-state index in [-0.39, 0.29) is 18.3 Å². The molecule has 5 rings (SSSR count). The number of nitrogens with one attached hydrogen (secondary N) is 1. The van der Waals surface area contributed by atoms with Crippen molar-refractivity contribution in [3.8, 4) is 11.4 Å². The molecule has 1 aromatic heterocycles. The van der Waals surface area contributed by atoms with Crippen molar-refractivity contribution in [3.63, 3.8) is 0 Å². The van der Waals surface area contributed by atoms with Gasteiger partial charge in [-0.2, -0.15) is 4.98 Å². The number of imide groups is 1. The highest BCUT2D eigenvalue weighted by Gasteiger charge is 2.54. The highest BCUT2D eigenvalue weighted by molar-refractivity contribution is 6.09. The van der Waals surface area contributed by atoms with Crippen molar-refractivity contribution < 1.29 is 14.1 Å². The van der Waals surface area contributed by atoms with Gasteiger partial charge in [0.1, 0.15) is 6.54 Å². The minimum absolute atomic E-state index is 0.122. The predicted molar refractivity (Wildman–Crippen MR) is 127 cm³/mol. The molecule has 1 atom stereocenters. The zero-order valence-electron chi connectivity index (χ0n) is 19.2. The van der Waals surface area contributed by atoms with Crippen LogP contribution < -0.4 is 5.32 Å². The van der Waals surface area contributed by atoms with Crippen LogP contribution in [0.25, 0.3) is 11.4 Å². The molecule has 1 aliphatic heterocycles. The number of urea groups is 1. The minimum atomic E-state index is -1.34. The number of aromatic nitrogens is 2. The average Bonchev–Trinajstić information content (AvgIpc) is 3.41. The maximum atomic E-state index is 13.9. The summed E-state index contributed by atoms with van der Waals surface area (Å²) in [6, 6.07) is 22.3. The topological polar surface area (TPSA) is 88.3 Å². The van der Waals surface area contributed by atoms with Crippen LogP contribution in [-0.2, 0) is 16.9 Å². The summed E-state index contributed by atoms with van der Waals surface area (Å²) in [5.41, 5.74) is 4.11. The second kappa shape index (κ2) is 8.26. The fourth-order valence-corrected chi connectivity index (χ4v) is 4.21. The molecule has 0 radical (unpaired) electrons. The number of rotatable bonds is 5. The molecule has 3 aromatic carbocycles. The van der Waals surface area contributed by atoms with Gasteiger partial charge in [0, 0.05) is 5.56 Å². The van der Waals surface area contributed by atoms with Crippen molar-refractivity contribution in [2.24, 2.45) is 0 Å². The van der Waals surface area contributed by atoms with Gasteiger partial charge in [-0.3, -0.25) is 9.69 Å². The van der Waals surface area contributed by atoms with Crippen LogP contribution >= 0.6 is 0 Å². The number of aryl methyl sites for hydroxylation is 3. The quantitative estimate of drug-likeness (QED) is 0.445. The standard InChI is InChI=1S/C27H24N4O3/c1-17-9-12-20(13-10-17)24-28-23(34-30-24)16-31-25(32)27(29-26(31)33,21-7-5-4-6-8-21)22-14-11-18(2)19(3)15-22/h4-15H,16H2,1-3H3,(H,29,33)/t27-/m1/s1. The van der Waals surface area contributed by atoms with E-state index >= 15 is 0 Å². The van der Waals surface area contributed by atoms with Crippen LogP contribution in [0, 0.1) is 20.8 Å². The van der Waals surface area contributed by atoms with Crippen molar-refractivity contribution in [2.75, 3.05) is 0 Å². The normalized spacial score (nSPS) is 17.8. The first kappa shape index (κ1) is 21.6. The Hall–Kier alpha value is -4.26. The van der Waals surface area contributed by atoms with E-state index in [1.807, 2.05) is 93.6 Å². The zero-order chi connectivity index (χ0) is 23.9. The van der Waals surface area contributed by atoms with Crippen LogP contribution in [0.1, 0.15) is 33.7 Å². The van der Waals surface area contributed by atoms with Gasteiger partial charge < -0.3 is 9.84 Å². The maximum Gasteiger partial charge on any atom is 0.326 e. The van der Waals surface area contributed by atoms with Crippen molar-refractivity contribution in [3.05, 3.63) is 107 Å². The highest BCUT2D eigenvalue weighted by Crippen LogP contribution is 2.37.